The number of amides is 1. The third-order valence-corrected chi connectivity index (χ3v) is 6.33. The summed E-state index contributed by atoms with van der Waals surface area (Å²) in [7, 11) is 0. The second kappa shape index (κ2) is 8.78. The third kappa shape index (κ3) is 4.70. The lowest BCUT2D eigenvalue weighted by atomic mass is 10.0. The fraction of sp³-hybridized carbons (Fsp3) is 0.458. The molecule has 8 heteroatoms. The molecular formula is C24H29N7O. The van der Waals surface area contributed by atoms with Gasteiger partial charge in [-0.05, 0) is 57.7 Å². The second-order valence-corrected chi connectivity index (χ2v) is 9.10. The first-order chi connectivity index (χ1) is 15.5. The molecule has 1 amide bonds. The molecule has 0 bridgehead atoms. The Bertz CT molecular complexity index is 1120. The standard InChI is InChI=1S/C24H29N7O/c1-15(2)31-9-7-19(8-10-31)26-23-14-25-13-21(27-23)17-5-6-20-18(11-17)12-22(30-29-20)28-24(32)16-3-4-16/h5-6,11-16,19H,3-4,7-10H2,1-2H3,(H,26,27)(H,28,30,32). The molecule has 0 unspecified atom stereocenters. The molecule has 1 saturated carbocycles. The largest absolute Gasteiger partial charge is 0.366 e. The van der Waals surface area contributed by atoms with Gasteiger partial charge in [0, 0.05) is 42.0 Å². The number of nitrogens with zero attached hydrogens (tertiary/aromatic N) is 5. The maximum absolute atomic E-state index is 12.0. The summed E-state index contributed by atoms with van der Waals surface area (Å²) in [6, 6.07) is 8.80. The molecule has 0 radical (unpaired) electrons. The van der Waals surface area contributed by atoms with Crippen molar-refractivity contribution < 1.29 is 4.79 Å². The summed E-state index contributed by atoms with van der Waals surface area (Å²) in [5.74, 6) is 1.44. The molecule has 2 N–H and O–H groups in total. The van der Waals surface area contributed by atoms with E-state index in [-0.39, 0.29) is 11.8 Å². The van der Waals surface area contributed by atoms with Crippen LogP contribution in [0.15, 0.2) is 36.7 Å². The van der Waals surface area contributed by atoms with Crippen LogP contribution in [0, 0.1) is 5.92 Å². The van der Waals surface area contributed by atoms with Crippen LogP contribution in [-0.4, -0.2) is 56.1 Å². The normalized spacial score (nSPS) is 17.6. The van der Waals surface area contributed by atoms with E-state index >= 15 is 0 Å². The van der Waals surface area contributed by atoms with Gasteiger partial charge >= 0.3 is 0 Å². The number of rotatable bonds is 6. The van der Waals surface area contributed by atoms with E-state index in [9.17, 15) is 4.79 Å². The summed E-state index contributed by atoms with van der Waals surface area (Å²) in [6.45, 7) is 6.71. The van der Waals surface area contributed by atoms with Gasteiger partial charge in [0.2, 0.25) is 5.91 Å². The Balaban J connectivity index is 1.31. The van der Waals surface area contributed by atoms with Crippen LogP contribution in [0.4, 0.5) is 11.6 Å². The van der Waals surface area contributed by atoms with E-state index in [2.05, 4.69) is 44.6 Å². The molecule has 2 fully saturated rings. The maximum atomic E-state index is 12.0. The average Bonchev–Trinajstić information content (AvgIpc) is 3.65. The molecule has 0 spiro atoms. The lowest BCUT2D eigenvalue weighted by Gasteiger charge is -2.35. The minimum absolute atomic E-state index is 0.0266. The molecular weight excluding hydrogens is 402 g/mol. The van der Waals surface area contributed by atoms with Crippen LogP contribution in [-0.2, 0) is 4.79 Å². The van der Waals surface area contributed by atoms with Crippen LogP contribution in [0.5, 0.6) is 0 Å². The lowest BCUT2D eigenvalue weighted by molar-refractivity contribution is -0.117. The highest BCUT2D eigenvalue weighted by Crippen LogP contribution is 2.30. The van der Waals surface area contributed by atoms with Crippen molar-refractivity contribution in [3.8, 4) is 11.3 Å². The third-order valence-electron chi connectivity index (χ3n) is 6.33. The highest BCUT2D eigenvalue weighted by atomic mass is 16.2. The Morgan fingerprint density at radius 2 is 1.84 bits per heavy atom. The first-order valence-electron chi connectivity index (χ1n) is 11.5. The first kappa shape index (κ1) is 20.8. The smallest absolute Gasteiger partial charge is 0.228 e. The van der Waals surface area contributed by atoms with Gasteiger partial charge in [0.05, 0.1) is 23.6 Å². The summed E-state index contributed by atoms with van der Waals surface area (Å²) in [5, 5.41) is 15.7. The predicted molar refractivity (Wildman–Crippen MR) is 125 cm³/mol. The Morgan fingerprint density at radius 1 is 1.03 bits per heavy atom. The van der Waals surface area contributed by atoms with Crippen LogP contribution in [0.2, 0.25) is 0 Å². The number of hydrogen-bond acceptors (Lipinski definition) is 7. The van der Waals surface area contributed by atoms with Gasteiger partial charge in [-0.1, -0.05) is 6.07 Å². The van der Waals surface area contributed by atoms with Crippen molar-refractivity contribution in [3.63, 3.8) is 0 Å². The van der Waals surface area contributed by atoms with Crippen LogP contribution in [0.1, 0.15) is 39.5 Å². The van der Waals surface area contributed by atoms with Crippen molar-refractivity contribution >= 4 is 28.4 Å². The van der Waals surface area contributed by atoms with E-state index in [1.54, 1.807) is 12.4 Å². The van der Waals surface area contributed by atoms with Crippen molar-refractivity contribution in [3.05, 3.63) is 36.7 Å². The highest BCUT2D eigenvalue weighted by Gasteiger charge is 2.29. The number of piperidine rings is 1. The molecule has 2 aliphatic rings. The van der Waals surface area contributed by atoms with Crippen molar-refractivity contribution in [2.45, 2.75) is 51.6 Å². The van der Waals surface area contributed by atoms with E-state index in [1.165, 1.54) is 0 Å². The van der Waals surface area contributed by atoms with Crippen LogP contribution in [0.3, 0.4) is 0 Å². The number of carbonyl (C=O) groups excluding carboxylic acids is 1. The second-order valence-electron chi connectivity index (χ2n) is 9.10. The molecule has 3 aromatic rings. The van der Waals surface area contributed by atoms with Gasteiger partial charge in [-0.2, -0.15) is 0 Å². The highest BCUT2D eigenvalue weighted by molar-refractivity contribution is 5.95. The zero-order valence-corrected chi connectivity index (χ0v) is 18.6. The molecule has 2 aromatic heterocycles. The van der Waals surface area contributed by atoms with Gasteiger partial charge in [-0.25, -0.2) is 4.98 Å². The summed E-state index contributed by atoms with van der Waals surface area (Å²) in [4.78, 5) is 23.8. The van der Waals surface area contributed by atoms with Gasteiger partial charge in [0.1, 0.15) is 5.82 Å². The molecule has 5 rings (SSSR count). The Morgan fingerprint density at radius 3 is 2.59 bits per heavy atom. The number of hydrogen-bond donors (Lipinski definition) is 2. The zero-order valence-electron chi connectivity index (χ0n) is 18.6. The molecule has 1 aliphatic heterocycles. The number of benzene rings is 1. The number of likely N-dealkylation sites (tertiary alicyclic amines) is 1. The van der Waals surface area contributed by atoms with Gasteiger partial charge < -0.3 is 15.5 Å². The SMILES string of the molecule is CC(C)N1CCC(Nc2cncc(-c3ccc4nnc(NC(=O)C5CC5)cc4c3)n2)CC1. The summed E-state index contributed by atoms with van der Waals surface area (Å²) < 4.78 is 0. The molecule has 1 saturated heterocycles. The molecule has 1 aromatic carbocycles. The van der Waals surface area contributed by atoms with Gasteiger partial charge in [-0.3, -0.25) is 9.78 Å². The maximum Gasteiger partial charge on any atom is 0.228 e. The Kier molecular flexibility index (Phi) is 5.70. The number of nitrogens with one attached hydrogen (secondary N) is 2. The fourth-order valence-electron chi connectivity index (χ4n) is 4.18. The van der Waals surface area contributed by atoms with E-state index in [4.69, 9.17) is 4.98 Å². The minimum atomic E-state index is 0.0266. The van der Waals surface area contributed by atoms with Gasteiger partial charge in [-0.15, -0.1) is 10.2 Å². The van der Waals surface area contributed by atoms with Gasteiger partial charge in [0.25, 0.3) is 0 Å². The van der Waals surface area contributed by atoms with Crippen molar-refractivity contribution in [1.29, 1.82) is 0 Å². The number of aromatic nitrogens is 4. The van der Waals surface area contributed by atoms with Gasteiger partial charge in [0.15, 0.2) is 5.82 Å². The molecule has 0 atom stereocenters. The molecule has 8 nitrogen and oxygen atoms in total. The fourth-order valence-corrected chi connectivity index (χ4v) is 4.18. The van der Waals surface area contributed by atoms with Crippen molar-refractivity contribution in [1.82, 2.24) is 25.1 Å². The van der Waals surface area contributed by atoms with Crippen molar-refractivity contribution in [2.75, 3.05) is 23.7 Å². The molecule has 32 heavy (non-hydrogen) atoms. The van der Waals surface area contributed by atoms with E-state index in [0.717, 1.165) is 66.8 Å². The van der Waals surface area contributed by atoms with E-state index < -0.39 is 0 Å². The summed E-state index contributed by atoms with van der Waals surface area (Å²) in [5.41, 5.74) is 2.53. The first-order valence-corrected chi connectivity index (χ1v) is 11.5. The molecule has 166 valence electrons. The van der Waals surface area contributed by atoms with E-state index in [0.29, 0.717) is 17.9 Å². The van der Waals surface area contributed by atoms with E-state index in [1.807, 2.05) is 24.3 Å². The number of anilines is 2. The van der Waals surface area contributed by atoms with Crippen molar-refractivity contribution in [2.24, 2.45) is 5.92 Å². The summed E-state index contributed by atoms with van der Waals surface area (Å²) >= 11 is 0. The zero-order chi connectivity index (χ0) is 22.1. The Labute approximate surface area is 187 Å². The number of carbonyl (C=O) groups is 1. The predicted octanol–water partition coefficient (Wildman–Crippen LogP) is 3.72. The number of fused-ring (bicyclic) bond motifs is 1. The average molecular weight is 432 g/mol. The van der Waals surface area contributed by atoms with Crippen LogP contribution < -0.4 is 10.6 Å². The quantitative estimate of drug-likeness (QED) is 0.614. The van der Waals surface area contributed by atoms with Crippen LogP contribution in [0.25, 0.3) is 22.2 Å². The summed E-state index contributed by atoms with van der Waals surface area (Å²) in [6.07, 6.45) is 7.68. The topological polar surface area (TPSA) is 95.9 Å². The minimum Gasteiger partial charge on any atom is -0.366 e. The molecule has 3 heterocycles. The van der Waals surface area contributed by atoms with Crippen LogP contribution >= 0.6 is 0 Å². The molecule has 1 aliphatic carbocycles. The monoisotopic (exact) mass is 431 g/mol. The Hall–Kier alpha value is -3.13. The lowest BCUT2D eigenvalue weighted by Crippen LogP contribution is -2.42.